The molecule has 0 spiro atoms. The molecule has 3 aromatic rings. The lowest BCUT2D eigenvalue weighted by molar-refractivity contribution is 0.0945. The molecule has 0 radical (unpaired) electrons. The highest BCUT2D eigenvalue weighted by Crippen LogP contribution is 2.18. The summed E-state index contributed by atoms with van der Waals surface area (Å²) in [6.45, 7) is 1.01. The Kier molecular flexibility index (Phi) is 6.81. The first-order chi connectivity index (χ1) is 13.7. The fraction of sp³-hybridized carbons (Fsp3) is 0.190. The first kappa shape index (κ1) is 19.6. The molecule has 1 amide bonds. The van der Waals surface area contributed by atoms with Crippen molar-refractivity contribution < 1.29 is 9.53 Å². The molecule has 0 saturated carbocycles. The predicted molar refractivity (Wildman–Crippen MR) is 110 cm³/mol. The van der Waals surface area contributed by atoms with Gasteiger partial charge < -0.3 is 15.4 Å². The topological polar surface area (TPSA) is 76.1 Å². The first-order valence-electron chi connectivity index (χ1n) is 8.88. The number of ether oxygens (including phenoxy) is 1. The van der Waals surface area contributed by atoms with Crippen LogP contribution < -0.4 is 15.4 Å². The van der Waals surface area contributed by atoms with Crippen molar-refractivity contribution >= 4 is 23.3 Å². The largest absolute Gasteiger partial charge is 0.496 e. The molecule has 144 valence electrons. The summed E-state index contributed by atoms with van der Waals surface area (Å²) in [5.74, 6) is 1.17. The van der Waals surface area contributed by atoms with Crippen molar-refractivity contribution in [1.29, 1.82) is 0 Å². The van der Waals surface area contributed by atoms with Gasteiger partial charge in [0, 0.05) is 18.1 Å². The van der Waals surface area contributed by atoms with Crippen LogP contribution in [-0.2, 0) is 13.0 Å². The Bertz CT molecular complexity index is 932. The van der Waals surface area contributed by atoms with Gasteiger partial charge in [-0.2, -0.15) is 0 Å². The zero-order chi connectivity index (χ0) is 19.8. The van der Waals surface area contributed by atoms with Crippen LogP contribution >= 0.6 is 11.6 Å². The molecule has 0 fully saturated rings. The Morgan fingerprint density at radius 1 is 1.00 bits per heavy atom. The van der Waals surface area contributed by atoms with Crippen LogP contribution in [0.4, 0.5) is 5.82 Å². The van der Waals surface area contributed by atoms with E-state index >= 15 is 0 Å². The third kappa shape index (κ3) is 5.20. The second-order valence-corrected chi connectivity index (χ2v) is 6.47. The number of hydrogen-bond donors (Lipinski definition) is 2. The zero-order valence-corrected chi connectivity index (χ0v) is 16.2. The van der Waals surface area contributed by atoms with E-state index in [1.807, 2.05) is 42.5 Å². The predicted octanol–water partition coefficient (Wildman–Crippen LogP) is 3.72. The average Bonchev–Trinajstić information content (AvgIpc) is 2.74. The van der Waals surface area contributed by atoms with Gasteiger partial charge in [-0.25, -0.2) is 0 Å². The molecule has 1 aromatic heterocycles. The second-order valence-electron chi connectivity index (χ2n) is 6.07. The molecular weight excluding hydrogens is 376 g/mol. The van der Waals surface area contributed by atoms with E-state index in [-0.39, 0.29) is 11.6 Å². The molecule has 2 N–H and O–H groups in total. The Morgan fingerprint density at radius 3 is 2.46 bits per heavy atom. The Morgan fingerprint density at radius 2 is 1.75 bits per heavy atom. The Hall–Kier alpha value is -3.12. The highest BCUT2D eigenvalue weighted by molar-refractivity contribution is 6.31. The number of nitrogens with one attached hydrogen (secondary N) is 2. The molecule has 0 unspecified atom stereocenters. The third-order valence-electron chi connectivity index (χ3n) is 4.19. The molecule has 0 atom stereocenters. The molecule has 1 heterocycles. The number of para-hydroxylation sites is 1. The zero-order valence-electron chi connectivity index (χ0n) is 15.5. The van der Waals surface area contributed by atoms with Gasteiger partial charge in [-0.05, 0) is 41.8 Å². The highest BCUT2D eigenvalue weighted by Gasteiger charge is 2.09. The van der Waals surface area contributed by atoms with Crippen molar-refractivity contribution in [2.24, 2.45) is 0 Å². The van der Waals surface area contributed by atoms with Gasteiger partial charge in [0.05, 0.1) is 7.11 Å². The van der Waals surface area contributed by atoms with Gasteiger partial charge in [0.2, 0.25) is 0 Å². The molecule has 3 rings (SSSR count). The first-order valence-corrected chi connectivity index (χ1v) is 9.26. The van der Waals surface area contributed by atoms with Crippen molar-refractivity contribution in [2.75, 3.05) is 19.0 Å². The number of rotatable bonds is 8. The quantitative estimate of drug-likeness (QED) is 0.606. The van der Waals surface area contributed by atoms with E-state index in [0.717, 1.165) is 23.3 Å². The van der Waals surface area contributed by atoms with Crippen molar-refractivity contribution in [3.05, 3.63) is 82.5 Å². The molecule has 0 aliphatic carbocycles. The van der Waals surface area contributed by atoms with E-state index in [9.17, 15) is 4.79 Å². The molecule has 6 nitrogen and oxygen atoms in total. The summed E-state index contributed by atoms with van der Waals surface area (Å²) in [6, 6.07) is 18.6. The summed E-state index contributed by atoms with van der Waals surface area (Å²) in [7, 11) is 1.66. The number of benzene rings is 2. The van der Waals surface area contributed by atoms with E-state index in [4.69, 9.17) is 16.3 Å². The number of aromatic nitrogens is 2. The van der Waals surface area contributed by atoms with E-state index in [2.05, 4.69) is 20.8 Å². The average molecular weight is 397 g/mol. The number of methoxy groups -OCH3 is 1. The fourth-order valence-electron chi connectivity index (χ4n) is 2.69. The number of hydrogen-bond acceptors (Lipinski definition) is 5. The number of carbonyl (C=O) groups is 1. The minimum absolute atomic E-state index is 0.252. The summed E-state index contributed by atoms with van der Waals surface area (Å²) in [5, 5.41) is 14.7. The maximum absolute atomic E-state index is 12.2. The smallest absolute Gasteiger partial charge is 0.272 e. The van der Waals surface area contributed by atoms with Crippen molar-refractivity contribution in [3.63, 3.8) is 0 Å². The lowest BCUT2D eigenvalue weighted by atomic mass is 10.1. The Labute approximate surface area is 168 Å². The van der Waals surface area contributed by atoms with Gasteiger partial charge in [0.15, 0.2) is 5.69 Å². The number of carbonyl (C=O) groups excluding carboxylic acids is 1. The lowest BCUT2D eigenvalue weighted by Gasteiger charge is -2.09. The second kappa shape index (κ2) is 9.71. The molecular formula is C21H21ClN4O2. The van der Waals surface area contributed by atoms with E-state index in [1.54, 1.807) is 25.3 Å². The fourth-order valence-corrected chi connectivity index (χ4v) is 2.89. The van der Waals surface area contributed by atoms with Crippen LogP contribution in [-0.4, -0.2) is 29.8 Å². The van der Waals surface area contributed by atoms with Gasteiger partial charge in [-0.15, -0.1) is 10.2 Å². The monoisotopic (exact) mass is 396 g/mol. The van der Waals surface area contributed by atoms with Crippen LogP contribution in [0.3, 0.4) is 0 Å². The van der Waals surface area contributed by atoms with Crippen molar-refractivity contribution in [3.8, 4) is 5.75 Å². The van der Waals surface area contributed by atoms with Crippen LogP contribution in [0.2, 0.25) is 5.02 Å². The maximum Gasteiger partial charge on any atom is 0.272 e. The minimum atomic E-state index is -0.298. The molecule has 0 saturated heterocycles. The number of amides is 1. The number of halogens is 1. The van der Waals surface area contributed by atoms with E-state index in [1.165, 1.54) is 0 Å². The standard InChI is InChI=1S/C21H21ClN4O2/c1-28-19-9-5-3-6-15(19)12-13-23-20-11-10-18(25-26-20)21(27)24-14-16-7-2-4-8-17(16)22/h2-11H,12-14H2,1H3,(H,23,26)(H,24,27). The molecule has 0 aliphatic heterocycles. The van der Waals surface area contributed by atoms with Crippen molar-refractivity contribution in [1.82, 2.24) is 15.5 Å². The van der Waals surface area contributed by atoms with E-state index < -0.39 is 0 Å². The number of anilines is 1. The molecule has 0 aliphatic rings. The number of nitrogens with zero attached hydrogens (tertiary/aromatic N) is 2. The third-order valence-corrected chi connectivity index (χ3v) is 4.56. The lowest BCUT2D eigenvalue weighted by Crippen LogP contribution is -2.24. The summed E-state index contributed by atoms with van der Waals surface area (Å²) in [5.41, 5.74) is 2.21. The van der Waals surface area contributed by atoms with Gasteiger partial charge in [-0.3, -0.25) is 4.79 Å². The van der Waals surface area contributed by atoms with Crippen LogP contribution in [0.15, 0.2) is 60.7 Å². The molecule has 28 heavy (non-hydrogen) atoms. The van der Waals surface area contributed by atoms with Crippen molar-refractivity contribution in [2.45, 2.75) is 13.0 Å². The van der Waals surface area contributed by atoms with E-state index in [0.29, 0.717) is 23.9 Å². The van der Waals surface area contributed by atoms with Gasteiger partial charge in [0.1, 0.15) is 11.6 Å². The van der Waals surface area contributed by atoms with Gasteiger partial charge in [-0.1, -0.05) is 48.0 Å². The van der Waals surface area contributed by atoms with Crippen LogP contribution in [0.1, 0.15) is 21.6 Å². The highest BCUT2D eigenvalue weighted by atomic mass is 35.5. The molecule has 0 bridgehead atoms. The van der Waals surface area contributed by atoms with Crippen LogP contribution in [0.25, 0.3) is 0 Å². The summed E-state index contributed by atoms with van der Waals surface area (Å²) < 4.78 is 5.34. The minimum Gasteiger partial charge on any atom is -0.496 e. The summed E-state index contributed by atoms with van der Waals surface area (Å²) >= 11 is 6.09. The molecule has 7 heteroatoms. The summed E-state index contributed by atoms with van der Waals surface area (Å²) in [4.78, 5) is 12.2. The van der Waals surface area contributed by atoms with Crippen LogP contribution in [0.5, 0.6) is 5.75 Å². The SMILES string of the molecule is COc1ccccc1CCNc1ccc(C(=O)NCc2ccccc2Cl)nn1. The van der Waals surface area contributed by atoms with Gasteiger partial charge in [0.25, 0.3) is 5.91 Å². The summed E-state index contributed by atoms with van der Waals surface area (Å²) in [6.07, 6.45) is 0.783. The van der Waals surface area contributed by atoms with Crippen LogP contribution in [0, 0.1) is 0 Å². The molecule has 2 aromatic carbocycles. The maximum atomic E-state index is 12.2. The normalized spacial score (nSPS) is 10.4. The Balaban J connectivity index is 1.50. The van der Waals surface area contributed by atoms with Gasteiger partial charge >= 0.3 is 0 Å².